The number of fused-ring (bicyclic) bond motifs is 1. The molecule has 0 amide bonds. The molecular weight excluding hydrogens is 250 g/mol. The van der Waals surface area contributed by atoms with Gasteiger partial charge in [-0.1, -0.05) is 19.4 Å². The van der Waals surface area contributed by atoms with Crippen LogP contribution in [0.4, 0.5) is 5.82 Å². The molecule has 0 bridgehead atoms. The minimum atomic E-state index is 0.596. The van der Waals surface area contributed by atoms with E-state index in [2.05, 4.69) is 49.2 Å². The van der Waals surface area contributed by atoms with E-state index in [0.717, 1.165) is 35.3 Å². The topological polar surface area (TPSA) is 72.5 Å². The summed E-state index contributed by atoms with van der Waals surface area (Å²) in [7, 11) is 0. The highest BCUT2D eigenvalue weighted by Crippen LogP contribution is 2.26. The van der Waals surface area contributed by atoms with Gasteiger partial charge in [0.05, 0.1) is 16.8 Å². The molecule has 2 aromatic heterocycles. The number of benzene rings is 1. The Balaban J connectivity index is 2.25. The summed E-state index contributed by atoms with van der Waals surface area (Å²) in [5.74, 6) is 0.596. The van der Waals surface area contributed by atoms with Crippen LogP contribution in [0.3, 0.4) is 0 Å². The van der Waals surface area contributed by atoms with Crippen LogP contribution in [0.5, 0.6) is 0 Å². The first-order chi connectivity index (χ1) is 9.60. The molecule has 0 unspecified atom stereocenters. The summed E-state index contributed by atoms with van der Waals surface area (Å²) in [5.41, 5.74) is 11.2. The lowest BCUT2D eigenvalue weighted by molar-refractivity contribution is 0.809. The number of rotatable bonds is 3. The van der Waals surface area contributed by atoms with Gasteiger partial charge in [-0.05, 0) is 43.5 Å². The van der Waals surface area contributed by atoms with Gasteiger partial charge < -0.3 is 5.73 Å². The zero-order valence-corrected chi connectivity index (χ0v) is 12.1. The fourth-order valence-corrected chi connectivity index (χ4v) is 2.67. The van der Waals surface area contributed by atoms with E-state index in [0.29, 0.717) is 5.82 Å². The first kappa shape index (κ1) is 12.7. The van der Waals surface area contributed by atoms with Crippen molar-refractivity contribution in [1.29, 1.82) is 0 Å². The van der Waals surface area contributed by atoms with Crippen molar-refractivity contribution in [2.75, 3.05) is 5.73 Å². The average molecular weight is 269 g/mol. The number of hydrogen-bond donors (Lipinski definition) is 2. The van der Waals surface area contributed by atoms with E-state index < -0.39 is 0 Å². The molecule has 5 heteroatoms. The van der Waals surface area contributed by atoms with Gasteiger partial charge in [-0.15, -0.1) is 0 Å². The molecule has 20 heavy (non-hydrogen) atoms. The summed E-state index contributed by atoms with van der Waals surface area (Å²) in [6.45, 7) is 6.31. The van der Waals surface area contributed by atoms with Crippen LogP contribution in [0.25, 0.3) is 16.7 Å². The Morgan fingerprint density at radius 1 is 1.20 bits per heavy atom. The number of hydrogen-bond acceptors (Lipinski definition) is 3. The number of anilines is 1. The number of aryl methyl sites for hydroxylation is 3. The zero-order chi connectivity index (χ0) is 14.3. The fraction of sp³-hybridized carbons (Fsp3) is 0.333. The molecule has 3 aromatic rings. The van der Waals surface area contributed by atoms with Crippen LogP contribution in [-0.2, 0) is 6.42 Å². The third kappa shape index (κ3) is 1.95. The Labute approximate surface area is 117 Å². The van der Waals surface area contributed by atoms with Gasteiger partial charge in [-0.2, -0.15) is 10.2 Å². The molecule has 0 saturated heterocycles. The molecule has 0 atom stereocenters. The van der Waals surface area contributed by atoms with Gasteiger partial charge in [0.15, 0.2) is 5.65 Å². The van der Waals surface area contributed by atoms with Crippen molar-refractivity contribution in [3.05, 3.63) is 35.0 Å². The standard InChI is InChI=1S/C15H19N5/c1-4-5-12-13-14(16)17-18-15(13)20(19-12)11-7-9(2)6-10(3)8-11/h6-8H,4-5H2,1-3H3,(H3,16,17,18). The molecule has 0 fully saturated rings. The number of H-pyrrole nitrogens is 1. The highest BCUT2D eigenvalue weighted by Gasteiger charge is 2.17. The van der Waals surface area contributed by atoms with Gasteiger partial charge in [-0.25, -0.2) is 4.68 Å². The van der Waals surface area contributed by atoms with Gasteiger partial charge in [0.25, 0.3) is 0 Å². The third-order valence-electron chi connectivity index (χ3n) is 3.42. The zero-order valence-electron chi connectivity index (χ0n) is 12.1. The first-order valence-electron chi connectivity index (χ1n) is 6.90. The van der Waals surface area contributed by atoms with E-state index in [4.69, 9.17) is 10.8 Å². The Kier molecular flexibility index (Phi) is 2.97. The van der Waals surface area contributed by atoms with Crippen LogP contribution < -0.4 is 5.73 Å². The van der Waals surface area contributed by atoms with Crippen LogP contribution in [-0.4, -0.2) is 20.0 Å². The fourth-order valence-electron chi connectivity index (χ4n) is 2.67. The maximum absolute atomic E-state index is 5.99. The highest BCUT2D eigenvalue weighted by atomic mass is 15.4. The van der Waals surface area contributed by atoms with Gasteiger partial charge in [0, 0.05) is 0 Å². The molecular formula is C15H19N5. The number of nitrogens with two attached hydrogens (primary N) is 1. The maximum Gasteiger partial charge on any atom is 0.186 e. The predicted molar refractivity (Wildman–Crippen MR) is 81.1 cm³/mol. The van der Waals surface area contributed by atoms with Crippen LogP contribution >= 0.6 is 0 Å². The van der Waals surface area contributed by atoms with E-state index in [-0.39, 0.29) is 0 Å². The van der Waals surface area contributed by atoms with Crippen molar-refractivity contribution in [3.8, 4) is 5.69 Å². The SMILES string of the molecule is CCCc1nn(-c2cc(C)cc(C)c2)c2n[nH]c(N)c12. The average Bonchev–Trinajstić information content (AvgIpc) is 2.91. The lowest BCUT2D eigenvalue weighted by Crippen LogP contribution is -2.00. The monoisotopic (exact) mass is 269 g/mol. The smallest absolute Gasteiger partial charge is 0.186 e. The second kappa shape index (κ2) is 4.67. The van der Waals surface area contributed by atoms with E-state index in [1.807, 2.05) is 4.68 Å². The molecule has 0 spiro atoms. The predicted octanol–water partition coefficient (Wildman–Crippen LogP) is 2.90. The number of nitrogens with one attached hydrogen (secondary N) is 1. The van der Waals surface area contributed by atoms with Gasteiger partial charge in [-0.3, -0.25) is 5.10 Å². The van der Waals surface area contributed by atoms with Crippen molar-refractivity contribution in [1.82, 2.24) is 20.0 Å². The summed E-state index contributed by atoms with van der Waals surface area (Å²) >= 11 is 0. The minimum absolute atomic E-state index is 0.596. The van der Waals surface area contributed by atoms with Gasteiger partial charge in [0.1, 0.15) is 5.82 Å². The molecule has 0 saturated carbocycles. The molecule has 104 valence electrons. The van der Waals surface area contributed by atoms with E-state index in [1.54, 1.807) is 0 Å². The summed E-state index contributed by atoms with van der Waals surface area (Å²) < 4.78 is 1.88. The summed E-state index contributed by atoms with van der Waals surface area (Å²) in [4.78, 5) is 0. The Morgan fingerprint density at radius 3 is 2.55 bits per heavy atom. The van der Waals surface area contributed by atoms with Crippen LogP contribution in [0.15, 0.2) is 18.2 Å². The molecule has 0 aliphatic heterocycles. The maximum atomic E-state index is 5.99. The molecule has 1 aromatic carbocycles. The van der Waals surface area contributed by atoms with Crippen molar-refractivity contribution < 1.29 is 0 Å². The van der Waals surface area contributed by atoms with E-state index in [1.165, 1.54) is 11.1 Å². The summed E-state index contributed by atoms with van der Waals surface area (Å²) in [6.07, 6.45) is 1.93. The molecule has 3 N–H and O–H groups in total. The molecule has 0 aliphatic rings. The number of aromatic nitrogens is 4. The van der Waals surface area contributed by atoms with Crippen LogP contribution in [0.2, 0.25) is 0 Å². The molecule has 0 aliphatic carbocycles. The highest BCUT2D eigenvalue weighted by molar-refractivity contribution is 5.90. The second-order valence-electron chi connectivity index (χ2n) is 5.29. The summed E-state index contributed by atoms with van der Waals surface area (Å²) in [6, 6.07) is 6.37. The molecule has 3 rings (SSSR count). The van der Waals surface area contributed by atoms with Gasteiger partial charge >= 0.3 is 0 Å². The van der Waals surface area contributed by atoms with Crippen molar-refractivity contribution in [3.63, 3.8) is 0 Å². The number of nitrogen functional groups attached to an aromatic ring is 1. The quantitative estimate of drug-likeness (QED) is 0.768. The third-order valence-corrected chi connectivity index (χ3v) is 3.42. The van der Waals surface area contributed by atoms with E-state index in [9.17, 15) is 0 Å². The van der Waals surface area contributed by atoms with Crippen molar-refractivity contribution >= 4 is 16.9 Å². The van der Waals surface area contributed by atoms with Crippen LogP contribution in [0, 0.1) is 13.8 Å². The largest absolute Gasteiger partial charge is 0.383 e. The number of nitrogens with zero attached hydrogens (tertiary/aromatic N) is 3. The molecule has 5 nitrogen and oxygen atoms in total. The Bertz CT molecular complexity index is 746. The first-order valence-corrected chi connectivity index (χ1v) is 6.90. The summed E-state index contributed by atoms with van der Waals surface area (Å²) in [5, 5.41) is 12.8. The lowest BCUT2D eigenvalue weighted by Gasteiger charge is -2.05. The molecule has 2 heterocycles. The molecule has 0 radical (unpaired) electrons. The second-order valence-corrected chi connectivity index (χ2v) is 5.29. The van der Waals surface area contributed by atoms with Gasteiger partial charge in [0.2, 0.25) is 0 Å². The lowest BCUT2D eigenvalue weighted by atomic mass is 10.1. The van der Waals surface area contributed by atoms with Crippen LogP contribution in [0.1, 0.15) is 30.2 Å². The van der Waals surface area contributed by atoms with E-state index >= 15 is 0 Å². The normalized spacial score (nSPS) is 11.3. The number of aromatic amines is 1. The van der Waals surface area contributed by atoms with Crippen molar-refractivity contribution in [2.45, 2.75) is 33.6 Å². The Morgan fingerprint density at radius 2 is 1.90 bits per heavy atom. The van der Waals surface area contributed by atoms with Crippen molar-refractivity contribution in [2.24, 2.45) is 0 Å². The minimum Gasteiger partial charge on any atom is -0.383 e. The Hall–Kier alpha value is -2.30.